The smallest absolute Gasteiger partial charge is 0.240 e. The van der Waals surface area contributed by atoms with Crippen molar-refractivity contribution >= 4 is 17.7 Å². The lowest BCUT2D eigenvalue weighted by Gasteiger charge is -2.30. The molecule has 1 atom stereocenters. The molecule has 0 saturated carbocycles. The van der Waals surface area contributed by atoms with Crippen molar-refractivity contribution in [2.75, 3.05) is 13.1 Å². The SMILES string of the molecule is O=C([C@H](Sc1ccccc1)c1ccccc1)N1CCCCC1. The van der Waals surface area contributed by atoms with Gasteiger partial charge in [0.1, 0.15) is 5.25 Å². The van der Waals surface area contributed by atoms with Gasteiger partial charge in [-0.1, -0.05) is 48.5 Å². The molecular formula is C19H21NOS. The number of carbonyl (C=O) groups excluding carboxylic acids is 1. The Morgan fingerprint density at radius 2 is 1.45 bits per heavy atom. The fourth-order valence-corrected chi connectivity index (χ4v) is 3.93. The molecule has 2 aromatic carbocycles. The number of piperidine rings is 1. The summed E-state index contributed by atoms with van der Waals surface area (Å²) < 4.78 is 0. The van der Waals surface area contributed by atoms with Crippen LogP contribution in [-0.2, 0) is 4.79 Å². The van der Waals surface area contributed by atoms with Crippen molar-refractivity contribution in [2.45, 2.75) is 29.4 Å². The fourth-order valence-electron chi connectivity index (χ4n) is 2.80. The van der Waals surface area contributed by atoms with Gasteiger partial charge in [-0.15, -0.1) is 11.8 Å². The molecule has 0 unspecified atom stereocenters. The lowest BCUT2D eigenvalue weighted by atomic mass is 10.1. The van der Waals surface area contributed by atoms with Crippen molar-refractivity contribution in [3.05, 3.63) is 66.2 Å². The number of nitrogens with zero attached hydrogens (tertiary/aromatic N) is 1. The van der Waals surface area contributed by atoms with Crippen LogP contribution in [0.25, 0.3) is 0 Å². The average Bonchev–Trinajstić information content (AvgIpc) is 2.61. The first-order valence-electron chi connectivity index (χ1n) is 7.90. The largest absolute Gasteiger partial charge is 0.341 e. The molecule has 0 aromatic heterocycles. The van der Waals surface area contributed by atoms with Crippen LogP contribution in [0.1, 0.15) is 30.1 Å². The number of hydrogen-bond acceptors (Lipinski definition) is 2. The Balaban J connectivity index is 1.84. The Morgan fingerprint density at radius 1 is 0.864 bits per heavy atom. The van der Waals surface area contributed by atoms with E-state index in [1.807, 2.05) is 41.3 Å². The maximum atomic E-state index is 13.0. The number of rotatable bonds is 4. The van der Waals surface area contributed by atoms with Crippen LogP contribution in [0, 0.1) is 0 Å². The summed E-state index contributed by atoms with van der Waals surface area (Å²) in [5, 5.41) is -0.151. The molecule has 0 aliphatic carbocycles. The van der Waals surface area contributed by atoms with E-state index in [9.17, 15) is 4.79 Å². The molecule has 2 nitrogen and oxygen atoms in total. The highest BCUT2D eigenvalue weighted by atomic mass is 32.2. The zero-order valence-corrected chi connectivity index (χ0v) is 13.5. The minimum absolute atomic E-state index is 0.151. The van der Waals surface area contributed by atoms with Gasteiger partial charge in [-0.3, -0.25) is 4.79 Å². The van der Waals surface area contributed by atoms with Crippen LogP contribution in [0.5, 0.6) is 0 Å². The molecule has 0 spiro atoms. The minimum atomic E-state index is -0.151. The third-order valence-corrected chi connectivity index (χ3v) is 5.25. The van der Waals surface area contributed by atoms with Gasteiger partial charge in [0.25, 0.3) is 0 Å². The van der Waals surface area contributed by atoms with E-state index in [-0.39, 0.29) is 11.2 Å². The van der Waals surface area contributed by atoms with E-state index in [1.54, 1.807) is 11.8 Å². The van der Waals surface area contributed by atoms with Gasteiger partial charge in [0.05, 0.1) is 0 Å². The minimum Gasteiger partial charge on any atom is -0.341 e. The third-order valence-electron chi connectivity index (χ3n) is 3.99. The molecule has 22 heavy (non-hydrogen) atoms. The summed E-state index contributed by atoms with van der Waals surface area (Å²) in [6.45, 7) is 1.80. The quantitative estimate of drug-likeness (QED) is 0.773. The van der Waals surface area contributed by atoms with Crippen LogP contribution in [0.3, 0.4) is 0 Å². The molecule has 3 rings (SSSR count). The predicted octanol–water partition coefficient (Wildman–Crippen LogP) is 4.53. The van der Waals surface area contributed by atoms with Gasteiger partial charge in [-0.2, -0.15) is 0 Å². The Kier molecular flexibility index (Phi) is 5.17. The molecule has 1 saturated heterocycles. The van der Waals surface area contributed by atoms with Gasteiger partial charge in [0, 0.05) is 18.0 Å². The summed E-state index contributed by atoms with van der Waals surface area (Å²) in [6, 6.07) is 20.3. The van der Waals surface area contributed by atoms with E-state index >= 15 is 0 Å². The molecule has 1 heterocycles. The predicted molar refractivity (Wildman–Crippen MR) is 91.9 cm³/mol. The molecule has 114 valence electrons. The molecular weight excluding hydrogens is 290 g/mol. The molecule has 2 aromatic rings. The molecule has 0 radical (unpaired) electrons. The molecule has 1 aliphatic heterocycles. The highest BCUT2D eigenvalue weighted by molar-refractivity contribution is 8.00. The van der Waals surface area contributed by atoms with Crippen LogP contribution < -0.4 is 0 Å². The van der Waals surface area contributed by atoms with E-state index < -0.39 is 0 Å². The average molecular weight is 311 g/mol. The molecule has 1 fully saturated rings. The van der Waals surface area contributed by atoms with Crippen molar-refractivity contribution in [1.82, 2.24) is 4.90 Å². The van der Waals surface area contributed by atoms with Crippen LogP contribution in [0.4, 0.5) is 0 Å². The second-order valence-electron chi connectivity index (χ2n) is 5.61. The van der Waals surface area contributed by atoms with Crippen molar-refractivity contribution < 1.29 is 4.79 Å². The van der Waals surface area contributed by atoms with Gasteiger partial charge in [-0.25, -0.2) is 0 Å². The Labute approximate surface area is 136 Å². The Hall–Kier alpha value is -1.74. The van der Waals surface area contributed by atoms with E-state index in [4.69, 9.17) is 0 Å². The summed E-state index contributed by atoms with van der Waals surface area (Å²) in [5.41, 5.74) is 1.09. The lowest BCUT2D eigenvalue weighted by molar-refractivity contribution is -0.131. The molecule has 1 amide bonds. The lowest BCUT2D eigenvalue weighted by Crippen LogP contribution is -2.38. The van der Waals surface area contributed by atoms with Gasteiger partial charge in [0.15, 0.2) is 0 Å². The summed E-state index contributed by atoms with van der Waals surface area (Å²) in [7, 11) is 0. The van der Waals surface area contributed by atoms with Crippen molar-refractivity contribution in [3.63, 3.8) is 0 Å². The van der Waals surface area contributed by atoms with Gasteiger partial charge in [-0.05, 0) is 37.0 Å². The van der Waals surface area contributed by atoms with Crippen LogP contribution >= 0.6 is 11.8 Å². The first kappa shape index (κ1) is 15.2. The molecule has 3 heteroatoms. The van der Waals surface area contributed by atoms with Crippen molar-refractivity contribution in [1.29, 1.82) is 0 Å². The van der Waals surface area contributed by atoms with E-state index in [0.29, 0.717) is 0 Å². The number of hydrogen-bond donors (Lipinski definition) is 0. The summed E-state index contributed by atoms with van der Waals surface area (Å²) in [4.78, 5) is 16.2. The number of carbonyl (C=O) groups is 1. The number of likely N-dealkylation sites (tertiary alicyclic amines) is 1. The van der Waals surface area contributed by atoms with Crippen LogP contribution in [0.2, 0.25) is 0 Å². The highest BCUT2D eigenvalue weighted by Gasteiger charge is 2.27. The van der Waals surface area contributed by atoms with E-state index in [2.05, 4.69) is 24.3 Å². The first-order valence-corrected chi connectivity index (χ1v) is 8.78. The zero-order chi connectivity index (χ0) is 15.2. The third kappa shape index (κ3) is 3.72. The maximum Gasteiger partial charge on any atom is 0.240 e. The van der Waals surface area contributed by atoms with Crippen molar-refractivity contribution in [3.8, 4) is 0 Å². The summed E-state index contributed by atoms with van der Waals surface area (Å²) in [5.74, 6) is 0.250. The number of amides is 1. The molecule has 0 N–H and O–H groups in total. The van der Waals surface area contributed by atoms with Gasteiger partial charge in [0.2, 0.25) is 5.91 Å². The molecule has 1 aliphatic rings. The number of thioether (sulfide) groups is 1. The Bertz CT molecular complexity index is 593. The van der Waals surface area contributed by atoms with E-state index in [0.717, 1.165) is 36.4 Å². The fraction of sp³-hybridized carbons (Fsp3) is 0.316. The second kappa shape index (κ2) is 7.50. The second-order valence-corrected chi connectivity index (χ2v) is 6.79. The monoisotopic (exact) mass is 311 g/mol. The van der Waals surface area contributed by atoms with Crippen LogP contribution in [0.15, 0.2) is 65.6 Å². The summed E-state index contributed by atoms with van der Waals surface area (Å²) >= 11 is 1.65. The van der Waals surface area contributed by atoms with Crippen LogP contribution in [-0.4, -0.2) is 23.9 Å². The highest BCUT2D eigenvalue weighted by Crippen LogP contribution is 2.37. The van der Waals surface area contributed by atoms with Crippen molar-refractivity contribution in [2.24, 2.45) is 0 Å². The van der Waals surface area contributed by atoms with Gasteiger partial charge >= 0.3 is 0 Å². The molecule has 0 bridgehead atoms. The van der Waals surface area contributed by atoms with E-state index in [1.165, 1.54) is 6.42 Å². The zero-order valence-electron chi connectivity index (χ0n) is 12.7. The van der Waals surface area contributed by atoms with Gasteiger partial charge < -0.3 is 4.90 Å². The standard InChI is InChI=1S/C19H21NOS/c21-19(20-14-8-3-9-15-20)18(16-10-4-1-5-11-16)22-17-12-6-2-7-13-17/h1-2,4-7,10-13,18H,3,8-9,14-15H2/t18-/m1/s1. The topological polar surface area (TPSA) is 20.3 Å². The normalized spacial score (nSPS) is 16.3. The Morgan fingerprint density at radius 3 is 2.09 bits per heavy atom. The first-order chi connectivity index (χ1) is 10.8. The number of benzene rings is 2. The maximum absolute atomic E-state index is 13.0. The summed E-state index contributed by atoms with van der Waals surface area (Å²) in [6.07, 6.45) is 3.50.